The SMILES string of the molecule is CCC1CCCCN1c1cc(Nc2cc(C)ccc2C)nc(C)n1. The van der Waals surface area contributed by atoms with E-state index >= 15 is 0 Å². The smallest absolute Gasteiger partial charge is 0.136 e. The molecule has 128 valence electrons. The summed E-state index contributed by atoms with van der Waals surface area (Å²) in [6.45, 7) is 9.57. The predicted octanol–water partition coefficient (Wildman–Crippen LogP) is 4.91. The zero-order valence-electron chi connectivity index (χ0n) is 15.3. The maximum Gasteiger partial charge on any atom is 0.136 e. The Hall–Kier alpha value is -2.10. The summed E-state index contributed by atoms with van der Waals surface area (Å²) in [7, 11) is 0. The van der Waals surface area contributed by atoms with E-state index in [2.05, 4.69) is 60.2 Å². The fourth-order valence-corrected chi connectivity index (χ4v) is 3.50. The van der Waals surface area contributed by atoms with Crippen molar-refractivity contribution < 1.29 is 0 Å². The highest BCUT2D eigenvalue weighted by molar-refractivity contribution is 5.63. The van der Waals surface area contributed by atoms with Gasteiger partial charge in [0.15, 0.2) is 0 Å². The van der Waals surface area contributed by atoms with Gasteiger partial charge < -0.3 is 10.2 Å². The molecular weight excluding hydrogens is 296 g/mol. The zero-order chi connectivity index (χ0) is 17.1. The Labute approximate surface area is 145 Å². The highest BCUT2D eigenvalue weighted by Gasteiger charge is 2.22. The lowest BCUT2D eigenvalue weighted by Crippen LogP contribution is -2.39. The number of nitrogens with zero attached hydrogens (tertiary/aromatic N) is 3. The van der Waals surface area contributed by atoms with Crippen LogP contribution in [-0.4, -0.2) is 22.6 Å². The average molecular weight is 324 g/mol. The minimum absolute atomic E-state index is 0.599. The van der Waals surface area contributed by atoms with E-state index in [9.17, 15) is 0 Å². The molecule has 2 heterocycles. The van der Waals surface area contributed by atoms with Gasteiger partial charge in [-0.05, 0) is 63.6 Å². The molecule has 0 amide bonds. The van der Waals surface area contributed by atoms with Crippen LogP contribution in [0.15, 0.2) is 24.3 Å². The van der Waals surface area contributed by atoms with Gasteiger partial charge in [-0.1, -0.05) is 19.1 Å². The Morgan fingerprint density at radius 3 is 2.75 bits per heavy atom. The topological polar surface area (TPSA) is 41.0 Å². The summed E-state index contributed by atoms with van der Waals surface area (Å²) in [4.78, 5) is 11.8. The van der Waals surface area contributed by atoms with Crippen LogP contribution in [-0.2, 0) is 0 Å². The molecule has 0 spiro atoms. The third-order valence-electron chi connectivity index (χ3n) is 4.87. The van der Waals surface area contributed by atoms with Crippen molar-refractivity contribution in [3.05, 3.63) is 41.2 Å². The van der Waals surface area contributed by atoms with Crippen LogP contribution in [0, 0.1) is 20.8 Å². The van der Waals surface area contributed by atoms with E-state index in [1.165, 1.54) is 36.8 Å². The van der Waals surface area contributed by atoms with E-state index in [-0.39, 0.29) is 0 Å². The third-order valence-corrected chi connectivity index (χ3v) is 4.87. The van der Waals surface area contributed by atoms with Crippen LogP contribution in [0.2, 0.25) is 0 Å². The van der Waals surface area contributed by atoms with Gasteiger partial charge in [0.2, 0.25) is 0 Å². The second-order valence-electron chi connectivity index (χ2n) is 6.85. The number of nitrogens with one attached hydrogen (secondary N) is 1. The van der Waals surface area contributed by atoms with Crippen LogP contribution in [0.25, 0.3) is 0 Å². The summed E-state index contributed by atoms with van der Waals surface area (Å²) in [6, 6.07) is 9.15. The highest BCUT2D eigenvalue weighted by Crippen LogP contribution is 2.28. The van der Waals surface area contributed by atoms with Gasteiger partial charge in [-0.2, -0.15) is 0 Å². The highest BCUT2D eigenvalue weighted by atomic mass is 15.2. The third kappa shape index (κ3) is 3.69. The van der Waals surface area contributed by atoms with Crippen molar-refractivity contribution in [3.8, 4) is 0 Å². The van der Waals surface area contributed by atoms with Crippen molar-refractivity contribution in [2.75, 3.05) is 16.8 Å². The molecular formula is C20H28N4. The standard InChI is InChI=1S/C20H28N4/c1-5-17-8-6-7-11-24(17)20-13-19(21-16(4)22-20)23-18-12-14(2)9-10-15(18)3/h9-10,12-13,17H,5-8,11H2,1-4H3,(H,21,22,23). The molecule has 0 aliphatic carbocycles. The summed E-state index contributed by atoms with van der Waals surface area (Å²) >= 11 is 0. The molecule has 0 bridgehead atoms. The Bertz CT molecular complexity index is 711. The van der Waals surface area contributed by atoms with Crippen LogP contribution >= 0.6 is 0 Å². The number of anilines is 3. The van der Waals surface area contributed by atoms with E-state index in [0.29, 0.717) is 6.04 Å². The second kappa shape index (κ2) is 7.20. The monoisotopic (exact) mass is 324 g/mol. The lowest BCUT2D eigenvalue weighted by molar-refractivity contribution is 0.446. The largest absolute Gasteiger partial charge is 0.353 e. The zero-order valence-corrected chi connectivity index (χ0v) is 15.3. The minimum atomic E-state index is 0.599. The van der Waals surface area contributed by atoms with Gasteiger partial charge in [-0.25, -0.2) is 9.97 Å². The van der Waals surface area contributed by atoms with Gasteiger partial charge in [0.25, 0.3) is 0 Å². The molecule has 0 saturated carbocycles. The van der Waals surface area contributed by atoms with Gasteiger partial charge in [0, 0.05) is 24.3 Å². The summed E-state index contributed by atoms with van der Waals surface area (Å²) in [5.41, 5.74) is 3.59. The molecule has 1 fully saturated rings. The predicted molar refractivity (Wildman–Crippen MR) is 101 cm³/mol. The molecule has 1 unspecified atom stereocenters. The number of hydrogen-bond donors (Lipinski definition) is 1. The molecule has 3 rings (SSSR count). The van der Waals surface area contributed by atoms with Gasteiger partial charge in [-0.3, -0.25) is 0 Å². The van der Waals surface area contributed by atoms with Crippen molar-refractivity contribution in [1.29, 1.82) is 0 Å². The average Bonchev–Trinajstić information content (AvgIpc) is 2.57. The van der Waals surface area contributed by atoms with E-state index in [1.807, 2.05) is 6.92 Å². The molecule has 1 aliphatic heterocycles. The summed E-state index contributed by atoms with van der Waals surface area (Å²) in [5.74, 6) is 2.76. The Morgan fingerprint density at radius 2 is 1.96 bits per heavy atom. The van der Waals surface area contributed by atoms with Crippen LogP contribution in [0.3, 0.4) is 0 Å². The number of rotatable bonds is 4. The Morgan fingerprint density at radius 1 is 1.12 bits per heavy atom. The number of aryl methyl sites for hydroxylation is 3. The van der Waals surface area contributed by atoms with Crippen LogP contribution in [0.1, 0.15) is 49.6 Å². The number of piperidine rings is 1. The first kappa shape index (κ1) is 16.7. The molecule has 24 heavy (non-hydrogen) atoms. The second-order valence-corrected chi connectivity index (χ2v) is 6.85. The van der Waals surface area contributed by atoms with Gasteiger partial charge in [-0.15, -0.1) is 0 Å². The normalized spacial score (nSPS) is 17.8. The quantitative estimate of drug-likeness (QED) is 0.867. The lowest BCUT2D eigenvalue weighted by Gasteiger charge is -2.36. The maximum atomic E-state index is 4.71. The first-order valence-corrected chi connectivity index (χ1v) is 9.03. The molecule has 1 aromatic heterocycles. The fraction of sp³-hybridized carbons (Fsp3) is 0.500. The van der Waals surface area contributed by atoms with Gasteiger partial charge >= 0.3 is 0 Å². The summed E-state index contributed by atoms with van der Waals surface area (Å²) in [5, 5.41) is 3.49. The van der Waals surface area contributed by atoms with E-state index in [4.69, 9.17) is 4.98 Å². The summed E-state index contributed by atoms with van der Waals surface area (Å²) < 4.78 is 0. The Kier molecular flexibility index (Phi) is 5.03. The first-order valence-electron chi connectivity index (χ1n) is 9.03. The molecule has 1 N–H and O–H groups in total. The molecule has 1 saturated heterocycles. The van der Waals surface area contributed by atoms with Crippen molar-refractivity contribution in [1.82, 2.24) is 9.97 Å². The molecule has 1 aliphatic rings. The van der Waals surface area contributed by atoms with Gasteiger partial charge in [0.05, 0.1) is 0 Å². The minimum Gasteiger partial charge on any atom is -0.353 e. The fourth-order valence-electron chi connectivity index (χ4n) is 3.50. The van der Waals surface area contributed by atoms with E-state index in [1.54, 1.807) is 0 Å². The van der Waals surface area contributed by atoms with Crippen molar-refractivity contribution in [3.63, 3.8) is 0 Å². The van der Waals surface area contributed by atoms with Crippen LogP contribution in [0.4, 0.5) is 17.3 Å². The van der Waals surface area contributed by atoms with Crippen LogP contribution in [0.5, 0.6) is 0 Å². The summed E-state index contributed by atoms with van der Waals surface area (Å²) in [6.07, 6.45) is 5.01. The lowest BCUT2D eigenvalue weighted by atomic mass is 10.00. The molecule has 4 nitrogen and oxygen atoms in total. The molecule has 4 heteroatoms. The van der Waals surface area contributed by atoms with Crippen molar-refractivity contribution in [2.24, 2.45) is 0 Å². The van der Waals surface area contributed by atoms with Crippen molar-refractivity contribution in [2.45, 2.75) is 59.4 Å². The molecule has 2 aromatic rings. The molecule has 0 radical (unpaired) electrons. The van der Waals surface area contributed by atoms with Gasteiger partial charge in [0.1, 0.15) is 17.5 Å². The van der Waals surface area contributed by atoms with E-state index in [0.717, 1.165) is 29.7 Å². The first-order chi connectivity index (χ1) is 11.6. The molecule has 1 aromatic carbocycles. The maximum absolute atomic E-state index is 4.71. The Balaban J connectivity index is 1.90. The number of benzene rings is 1. The number of aromatic nitrogens is 2. The molecule has 1 atom stereocenters. The van der Waals surface area contributed by atoms with E-state index < -0.39 is 0 Å². The van der Waals surface area contributed by atoms with Crippen molar-refractivity contribution >= 4 is 17.3 Å². The number of hydrogen-bond acceptors (Lipinski definition) is 4. The van der Waals surface area contributed by atoms with Crippen LogP contribution < -0.4 is 10.2 Å².